The fourth-order valence-corrected chi connectivity index (χ4v) is 3.02. The zero-order valence-corrected chi connectivity index (χ0v) is 15.4. The smallest absolute Gasteiger partial charge is 0.180 e. The molecular weight excluding hydrogens is 352 g/mol. The van der Waals surface area contributed by atoms with Crippen molar-refractivity contribution in [1.82, 2.24) is 0 Å². The Hall–Kier alpha value is -3.36. The molecule has 0 heterocycles. The Bertz CT molecular complexity index is 970. The summed E-state index contributed by atoms with van der Waals surface area (Å²) in [6, 6.07) is 27.7. The highest BCUT2D eigenvalue weighted by atomic mass is 32.2. The van der Waals surface area contributed by atoms with Gasteiger partial charge >= 0.3 is 0 Å². The number of hydrogen-bond donors (Lipinski definition) is 1. The molecule has 0 atom stereocenters. The zero-order valence-electron chi connectivity index (χ0n) is 14.6. The third kappa shape index (κ3) is 5.56. The number of hydrogen-bond acceptors (Lipinski definition) is 4. The quantitative estimate of drug-likeness (QED) is 0.398. The van der Waals surface area contributed by atoms with E-state index in [1.54, 1.807) is 6.21 Å². The van der Waals surface area contributed by atoms with Gasteiger partial charge in [0, 0.05) is 5.75 Å². The second kappa shape index (κ2) is 9.37. The van der Waals surface area contributed by atoms with Crippen LogP contribution in [0.2, 0.25) is 0 Å². The molecule has 27 heavy (non-hydrogen) atoms. The van der Waals surface area contributed by atoms with Crippen molar-refractivity contribution in [3.63, 3.8) is 0 Å². The molecule has 0 saturated carbocycles. The SMILES string of the molecule is N#Cc1ccc(-c2ccc(C=NN=C(N)SCc3ccccc3)cc2)cc1. The van der Waals surface area contributed by atoms with E-state index in [0.29, 0.717) is 10.7 Å². The van der Waals surface area contributed by atoms with Gasteiger partial charge in [-0.15, -0.1) is 5.10 Å². The average Bonchev–Trinajstić information content (AvgIpc) is 2.74. The van der Waals surface area contributed by atoms with E-state index in [1.807, 2.05) is 66.7 Å². The number of thioether (sulfide) groups is 1. The number of rotatable bonds is 5. The highest BCUT2D eigenvalue weighted by Crippen LogP contribution is 2.20. The van der Waals surface area contributed by atoms with Gasteiger partial charge in [-0.2, -0.15) is 10.4 Å². The van der Waals surface area contributed by atoms with Crippen LogP contribution in [0.5, 0.6) is 0 Å². The van der Waals surface area contributed by atoms with Gasteiger partial charge in [-0.1, -0.05) is 78.5 Å². The van der Waals surface area contributed by atoms with Crippen molar-refractivity contribution >= 4 is 23.1 Å². The molecule has 3 aromatic carbocycles. The lowest BCUT2D eigenvalue weighted by Crippen LogP contribution is -2.05. The molecular formula is C22H18N4S. The van der Waals surface area contributed by atoms with E-state index < -0.39 is 0 Å². The standard InChI is InChI=1S/C22H18N4S/c23-14-17-6-10-20(11-7-17)21-12-8-18(9-13-21)15-25-26-22(24)27-16-19-4-2-1-3-5-19/h1-13,15H,16H2,(H2,24,26). The van der Waals surface area contributed by atoms with Crippen molar-refractivity contribution in [1.29, 1.82) is 5.26 Å². The molecule has 3 aromatic rings. The monoisotopic (exact) mass is 370 g/mol. The van der Waals surface area contributed by atoms with Crippen molar-refractivity contribution in [2.45, 2.75) is 5.75 Å². The first-order valence-corrected chi connectivity index (χ1v) is 9.37. The molecule has 4 nitrogen and oxygen atoms in total. The van der Waals surface area contributed by atoms with Crippen LogP contribution < -0.4 is 5.73 Å². The molecule has 5 heteroatoms. The van der Waals surface area contributed by atoms with Gasteiger partial charge in [0.05, 0.1) is 17.8 Å². The molecule has 0 fully saturated rings. The first-order chi connectivity index (χ1) is 13.2. The molecule has 0 aliphatic heterocycles. The van der Waals surface area contributed by atoms with Gasteiger partial charge < -0.3 is 5.73 Å². The highest BCUT2D eigenvalue weighted by Gasteiger charge is 1.99. The summed E-state index contributed by atoms with van der Waals surface area (Å²) in [4.78, 5) is 0. The number of amidine groups is 1. The fourth-order valence-electron chi connectivity index (χ4n) is 2.41. The maximum Gasteiger partial charge on any atom is 0.180 e. The topological polar surface area (TPSA) is 74.5 Å². The largest absolute Gasteiger partial charge is 0.377 e. The number of benzene rings is 3. The summed E-state index contributed by atoms with van der Waals surface area (Å²) < 4.78 is 0. The minimum absolute atomic E-state index is 0.435. The van der Waals surface area contributed by atoms with Crippen LogP contribution in [0.3, 0.4) is 0 Å². The van der Waals surface area contributed by atoms with Gasteiger partial charge in [-0.05, 0) is 34.4 Å². The Kier molecular flexibility index (Phi) is 6.40. The van der Waals surface area contributed by atoms with E-state index in [2.05, 4.69) is 28.4 Å². The lowest BCUT2D eigenvalue weighted by Gasteiger charge is -2.02. The predicted octanol–water partition coefficient (Wildman–Crippen LogP) is 4.81. The predicted molar refractivity (Wildman–Crippen MR) is 114 cm³/mol. The zero-order chi connectivity index (χ0) is 18.9. The molecule has 132 valence electrons. The summed E-state index contributed by atoms with van der Waals surface area (Å²) >= 11 is 1.46. The van der Waals surface area contributed by atoms with Gasteiger partial charge in [0.25, 0.3) is 0 Å². The molecule has 3 rings (SSSR count). The third-order valence-corrected chi connectivity index (χ3v) is 4.71. The van der Waals surface area contributed by atoms with Crippen LogP contribution in [0.15, 0.2) is 89.1 Å². The molecule has 0 spiro atoms. The summed E-state index contributed by atoms with van der Waals surface area (Å²) in [5, 5.41) is 17.4. The molecule has 0 aromatic heterocycles. The van der Waals surface area contributed by atoms with Crippen molar-refractivity contribution in [2.24, 2.45) is 15.9 Å². The molecule has 0 aliphatic carbocycles. The van der Waals surface area contributed by atoms with Crippen molar-refractivity contribution in [3.05, 3.63) is 95.6 Å². The van der Waals surface area contributed by atoms with Crippen LogP contribution >= 0.6 is 11.8 Å². The van der Waals surface area contributed by atoms with Gasteiger partial charge in [0.15, 0.2) is 5.17 Å². The first-order valence-electron chi connectivity index (χ1n) is 8.38. The summed E-state index contributed by atoms with van der Waals surface area (Å²) in [7, 11) is 0. The summed E-state index contributed by atoms with van der Waals surface area (Å²) in [5.41, 5.74) is 10.8. The van der Waals surface area contributed by atoms with E-state index in [1.165, 1.54) is 17.3 Å². The van der Waals surface area contributed by atoms with Gasteiger partial charge in [0.1, 0.15) is 0 Å². The molecule has 0 aliphatic rings. The lowest BCUT2D eigenvalue weighted by molar-refractivity contribution is 1.25. The Morgan fingerprint density at radius 3 is 2.19 bits per heavy atom. The highest BCUT2D eigenvalue weighted by molar-refractivity contribution is 8.13. The van der Waals surface area contributed by atoms with Gasteiger partial charge in [-0.3, -0.25) is 0 Å². The van der Waals surface area contributed by atoms with E-state index in [-0.39, 0.29) is 0 Å². The van der Waals surface area contributed by atoms with Gasteiger partial charge in [0.2, 0.25) is 0 Å². The third-order valence-electron chi connectivity index (χ3n) is 3.85. The minimum Gasteiger partial charge on any atom is -0.377 e. The van der Waals surface area contributed by atoms with Crippen LogP contribution in [0.1, 0.15) is 16.7 Å². The van der Waals surface area contributed by atoms with E-state index in [4.69, 9.17) is 11.0 Å². The Morgan fingerprint density at radius 2 is 1.56 bits per heavy atom. The average molecular weight is 370 g/mol. The fraction of sp³-hybridized carbons (Fsp3) is 0.0455. The molecule has 0 radical (unpaired) electrons. The maximum atomic E-state index is 8.86. The minimum atomic E-state index is 0.435. The van der Waals surface area contributed by atoms with Crippen LogP contribution in [0.4, 0.5) is 0 Å². The number of nitrogens with zero attached hydrogens (tertiary/aromatic N) is 3. The van der Waals surface area contributed by atoms with Crippen molar-refractivity contribution < 1.29 is 0 Å². The molecule has 2 N–H and O–H groups in total. The molecule has 0 saturated heterocycles. The summed E-state index contributed by atoms with van der Waals surface area (Å²) in [5.74, 6) is 0.769. The second-order valence-electron chi connectivity index (χ2n) is 5.77. The van der Waals surface area contributed by atoms with Crippen LogP contribution in [-0.4, -0.2) is 11.4 Å². The Morgan fingerprint density at radius 1 is 0.926 bits per heavy atom. The molecule has 0 bridgehead atoms. The van der Waals surface area contributed by atoms with Crippen molar-refractivity contribution in [2.75, 3.05) is 0 Å². The van der Waals surface area contributed by atoms with E-state index >= 15 is 0 Å². The first kappa shape index (κ1) is 18.4. The van der Waals surface area contributed by atoms with E-state index in [9.17, 15) is 0 Å². The van der Waals surface area contributed by atoms with E-state index in [0.717, 1.165) is 22.4 Å². The second-order valence-corrected chi connectivity index (χ2v) is 6.76. The maximum absolute atomic E-state index is 8.86. The normalized spacial score (nSPS) is 11.4. The molecule has 0 amide bonds. The van der Waals surface area contributed by atoms with Crippen LogP contribution in [-0.2, 0) is 5.75 Å². The van der Waals surface area contributed by atoms with Crippen LogP contribution in [0, 0.1) is 11.3 Å². The summed E-state index contributed by atoms with van der Waals surface area (Å²) in [6.45, 7) is 0. The van der Waals surface area contributed by atoms with Gasteiger partial charge in [-0.25, -0.2) is 0 Å². The number of nitriles is 1. The van der Waals surface area contributed by atoms with Crippen molar-refractivity contribution in [3.8, 4) is 17.2 Å². The molecule has 0 unspecified atom stereocenters. The Balaban J connectivity index is 1.57. The summed E-state index contributed by atoms with van der Waals surface area (Å²) in [6.07, 6.45) is 1.68. The van der Waals surface area contributed by atoms with Crippen LogP contribution in [0.25, 0.3) is 11.1 Å². The number of nitrogens with two attached hydrogens (primary N) is 1. The Labute approximate surface area is 163 Å². The lowest BCUT2D eigenvalue weighted by atomic mass is 10.0.